The number of carbonyl (C=O) groups excluding carboxylic acids is 1. The zero-order valence-electron chi connectivity index (χ0n) is 19.6. The molecule has 176 valence electrons. The number of allylic oxidation sites excluding steroid dienone is 2. The largest absolute Gasteiger partial charge is 0.385 e. The average molecular weight is 459 g/mol. The quantitative estimate of drug-likeness (QED) is 0.577. The fraction of sp³-hybridized carbons (Fsp3) is 0.444. The van der Waals surface area contributed by atoms with Crippen molar-refractivity contribution in [2.45, 2.75) is 70.2 Å². The topological polar surface area (TPSA) is 111 Å². The molecule has 2 aliphatic heterocycles. The maximum absolute atomic E-state index is 12.8. The van der Waals surface area contributed by atoms with Gasteiger partial charge in [0.25, 0.3) is 0 Å². The van der Waals surface area contributed by atoms with E-state index in [0.717, 1.165) is 36.1 Å². The van der Waals surface area contributed by atoms with Crippen LogP contribution in [0.5, 0.6) is 0 Å². The normalized spacial score (nSPS) is 27.2. The molecule has 1 saturated heterocycles. The Morgan fingerprint density at radius 3 is 2.74 bits per heavy atom. The highest BCUT2D eigenvalue weighted by atomic mass is 16.5. The Hall–Kier alpha value is -3.21. The number of nitrogens with one attached hydrogen (secondary N) is 2. The number of aliphatic hydroxyl groups is 1. The first-order valence-corrected chi connectivity index (χ1v) is 11.9. The van der Waals surface area contributed by atoms with Crippen molar-refractivity contribution < 1.29 is 14.6 Å². The van der Waals surface area contributed by atoms with Crippen molar-refractivity contribution in [3.8, 4) is 6.07 Å². The van der Waals surface area contributed by atoms with Gasteiger partial charge in [0.05, 0.1) is 30.4 Å². The van der Waals surface area contributed by atoms with Crippen molar-refractivity contribution in [3.05, 3.63) is 65.3 Å². The fourth-order valence-corrected chi connectivity index (χ4v) is 5.17. The monoisotopic (exact) mass is 458 g/mol. The number of aromatic amines is 1. The second-order valence-corrected chi connectivity index (χ2v) is 10.5. The molecule has 7 heteroatoms. The van der Waals surface area contributed by atoms with Crippen LogP contribution in [0.15, 0.2) is 42.6 Å². The van der Waals surface area contributed by atoms with E-state index in [1.165, 1.54) is 11.8 Å². The van der Waals surface area contributed by atoms with Crippen molar-refractivity contribution in [1.29, 1.82) is 5.26 Å². The van der Waals surface area contributed by atoms with E-state index in [0.29, 0.717) is 24.4 Å². The predicted molar refractivity (Wildman–Crippen MR) is 129 cm³/mol. The van der Waals surface area contributed by atoms with Gasteiger partial charge < -0.3 is 20.1 Å². The molecule has 3 heterocycles. The maximum atomic E-state index is 12.8. The summed E-state index contributed by atoms with van der Waals surface area (Å²) in [6.07, 6.45) is 11.7. The summed E-state index contributed by atoms with van der Waals surface area (Å²) < 4.78 is 5.86. The number of amides is 1. The Balaban J connectivity index is 1.44. The molecule has 3 aliphatic rings. The summed E-state index contributed by atoms with van der Waals surface area (Å²) in [5.74, 6) is 0.238. The highest BCUT2D eigenvalue weighted by Crippen LogP contribution is 2.44. The summed E-state index contributed by atoms with van der Waals surface area (Å²) in [5.41, 5.74) is 3.35. The van der Waals surface area contributed by atoms with Gasteiger partial charge in [0, 0.05) is 24.1 Å². The number of rotatable bonds is 5. The maximum Gasteiger partial charge on any atom is 0.231 e. The molecule has 5 rings (SSSR count). The molecule has 3 N–H and O–H groups in total. The molecule has 1 aromatic carbocycles. The molecule has 0 spiro atoms. The number of nitriles is 1. The minimum Gasteiger partial charge on any atom is -0.385 e. The number of imidazole rings is 1. The molecule has 1 fully saturated rings. The van der Waals surface area contributed by atoms with Crippen molar-refractivity contribution in [1.82, 2.24) is 9.97 Å². The molecule has 2 atom stereocenters. The molecule has 2 aromatic rings. The van der Waals surface area contributed by atoms with Crippen molar-refractivity contribution in [2.75, 3.05) is 5.32 Å². The van der Waals surface area contributed by atoms with Crippen molar-refractivity contribution in [2.24, 2.45) is 5.41 Å². The van der Waals surface area contributed by atoms with Crippen LogP contribution in [-0.2, 0) is 21.6 Å². The lowest BCUT2D eigenvalue weighted by Crippen LogP contribution is -2.39. The standard InChI is InChI=1S/C27H30N4O3/c1-26(2)9-7-17(8-10-26)22-11-18(27(33)13-20-4-5-21(14-27)34-20)3-6-23(22)31-25(32)12-24-29-16-19(15-28)30-24/h3-7,11,16,20-21,33H,8-10,12-14H2,1-2H3,(H,29,30)(H,31,32). The third-order valence-electron chi connectivity index (χ3n) is 7.19. The number of carbonyl (C=O) groups is 1. The highest BCUT2D eigenvalue weighted by molar-refractivity contribution is 5.95. The number of hydrogen-bond donors (Lipinski definition) is 3. The van der Waals surface area contributed by atoms with E-state index in [4.69, 9.17) is 10.00 Å². The molecule has 0 saturated carbocycles. The number of H-pyrrole nitrogens is 1. The van der Waals surface area contributed by atoms with E-state index in [9.17, 15) is 9.90 Å². The lowest BCUT2D eigenvalue weighted by molar-refractivity contribution is -0.115. The molecule has 1 aliphatic carbocycles. The summed E-state index contributed by atoms with van der Waals surface area (Å²) in [4.78, 5) is 19.8. The minimum atomic E-state index is -0.968. The first-order chi connectivity index (χ1) is 16.2. The number of fused-ring (bicyclic) bond motifs is 2. The first-order valence-electron chi connectivity index (χ1n) is 11.9. The Kier molecular flexibility index (Phi) is 5.67. The Bertz CT molecular complexity index is 1200. The SMILES string of the molecule is CC1(C)CC=C(c2cc(C3(O)CC4C=CC(C3)O4)ccc2NC(=O)Cc2ncc(C#N)[nH]2)CC1. The number of hydrogen-bond acceptors (Lipinski definition) is 5. The summed E-state index contributed by atoms with van der Waals surface area (Å²) in [6, 6.07) is 7.85. The molecule has 2 unspecified atom stereocenters. The summed E-state index contributed by atoms with van der Waals surface area (Å²) in [7, 11) is 0. The number of nitrogens with zero attached hydrogens (tertiary/aromatic N) is 2. The second kappa shape index (κ2) is 8.53. The number of anilines is 1. The van der Waals surface area contributed by atoms with Gasteiger partial charge in [-0.05, 0) is 47.9 Å². The van der Waals surface area contributed by atoms with Gasteiger partial charge in [-0.15, -0.1) is 0 Å². The van der Waals surface area contributed by atoms with Gasteiger partial charge in [0.1, 0.15) is 17.6 Å². The third kappa shape index (κ3) is 4.56. The van der Waals surface area contributed by atoms with Gasteiger partial charge in [0.15, 0.2) is 0 Å². The van der Waals surface area contributed by atoms with Gasteiger partial charge in [-0.25, -0.2) is 4.98 Å². The molecular weight excluding hydrogens is 428 g/mol. The van der Waals surface area contributed by atoms with Crippen LogP contribution in [0.4, 0.5) is 5.69 Å². The van der Waals surface area contributed by atoms with Crippen LogP contribution in [0, 0.1) is 16.7 Å². The summed E-state index contributed by atoms with van der Waals surface area (Å²) in [5, 5.41) is 23.6. The molecule has 2 bridgehead atoms. The smallest absolute Gasteiger partial charge is 0.231 e. The van der Waals surface area contributed by atoms with Gasteiger partial charge in [-0.2, -0.15) is 5.26 Å². The predicted octanol–water partition coefficient (Wildman–Crippen LogP) is 4.36. The Morgan fingerprint density at radius 1 is 1.32 bits per heavy atom. The van der Waals surface area contributed by atoms with Crippen LogP contribution in [0.1, 0.15) is 68.6 Å². The first kappa shape index (κ1) is 22.6. The summed E-state index contributed by atoms with van der Waals surface area (Å²) >= 11 is 0. The van der Waals surface area contributed by atoms with E-state index in [1.54, 1.807) is 0 Å². The van der Waals surface area contributed by atoms with Gasteiger partial charge >= 0.3 is 0 Å². The molecular formula is C27H30N4O3. The molecule has 34 heavy (non-hydrogen) atoms. The van der Waals surface area contributed by atoms with E-state index >= 15 is 0 Å². The van der Waals surface area contributed by atoms with Crippen LogP contribution < -0.4 is 5.32 Å². The van der Waals surface area contributed by atoms with Crippen molar-refractivity contribution >= 4 is 17.2 Å². The van der Waals surface area contributed by atoms with Crippen molar-refractivity contribution in [3.63, 3.8) is 0 Å². The average Bonchev–Trinajstić information content (AvgIpc) is 3.39. The lowest BCUT2D eigenvalue weighted by atomic mass is 9.76. The van der Waals surface area contributed by atoms with E-state index in [1.807, 2.05) is 36.4 Å². The lowest BCUT2D eigenvalue weighted by Gasteiger charge is -2.37. The molecule has 7 nitrogen and oxygen atoms in total. The fourth-order valence-electron chi connectivity index (χ4n) is 5.17. The van der Waals surface area contributed by atoms with Gasteiger partial charge in [0.2, 0.25) is 5.91 Å². The Labute approximate surface area is 199 Å². The number of aromatic nitrogens is 2. The molecule has 1 aromatic heterocycles. The number of ether oxygens (including phenoxy) is 1. The van der Waals surface area contributed by atoms with Crippen LogP contribution in [-0.4, -0.2) is 33.2 Å². The highest BCUT2D eigenvalue weighted by Gasteiger charge is 2.42. The third-order valence-corrected chi connectivity index (χ3v) is 7.19. The van der Waals surface area contributed by atoms with E-state index in [2.05, 4.69) is 35.2 Å². The Morgan fingerprint density at radius 2 is 2.09 bits per heavy atom. The second-order valence-electron chi connectivity index (χ2n) is 10.5. The summed E-state index contributed by atoms with van der Waals surface area (Å²) in [6.45, 7) is 4.54. The minimum absolute atomic E-state index is 0.0469. The van der Waals surface area contributed by atoms with Crippen LogP contribution in [0.25, 0.3) is 5.57 Å². The van der Waals surface area contributed by atoms with E-state index < -0.39 is 5.60 Å². The van der Waals surface area contributed by atoms with Crippen LogP contribution >= 0.6 is 0 Å². The molecule has 0 radical (unpaired) electrons. The van der Waals surface area contributed by atoms with Gasteiger partial charge in [-0.1, -0.05) is 38.1 Å². The van der Waals surface area contributed by atoms with Crippen LogP contribution in [0.3, 0.4) is 0 Å². The number of benzene rings is 1. The van der Waals surface area contributed by atoms with Crippen LogP contribution in [0.2, 0.25) is 0 Å². The zero-order chi connectivity index (χ0) is 23.9. The van der Waals surface area contributed by atoms with E-state index in [-0.39, 0.29) is 30.0 Å². The zero-order valence-corrected chi connectivity index (χ0v) is 19.6. The molecule has 1 amide bonds. The van der Waals surface area contributed by atoms with Gasteiger partial charge in [-0.3, -0.25) is 4.79 Å².